The first-order valence-corrected chi connectivity index (χ1v) is 11.5. The van der Waals surface area contributed by atoms with Crippen LogP contribution in [0.1, 0.15) is 22.2 Å². The largest absolute Gasteiger partial charge is 0.379 e. The van der Waals surface area contributed by atoms with Gasteiger partial charge in [0.2, 0.25) is 0 Å². The summed E-state index contributed by atoms with van der Waals surface area (Å²) in [5.74, 6) is 0.849. The zero-order valence-electron chi connectivity index (χ0n) is 18.2. The minimum absolute atomic E-state index is 0. The molecule has 0 aliphatic carbocycles. The highest BCUT2D eigenvalue weighted by Crippen LogP contribution is 2.25. The van der Waals surface area contributed by atoms with Gasteiger partial charge in [-0.3, -0.25) is 9.89 Å². The topological polar surface area (TPSA) is 64.7 Å². The Morgan fingerprint density at radius 2 is 2.00 bits per heavy atom. The van der Waals surface area contributed by atoms with Crippen LogP contribution in [0.5, 0.6) is 0 Å². The highest BCUT2D eigenvalue weighted by Gasteiger charge is 2.23. The molecule has 0 saturated carbocycles. The second-order valence-electron chi connectivity index (χ2n) is 7.58. The van der Waals surface area contributed by atoms with E-state index in [0.29, 0.717) is 6.04 Å². The van der Waals surface area contributed by atoms with Gasteiger partial charge < -0.3 is 20.4 Å². The van der Waals surface area contributed by atoms with Gasteiger partial charge in [-0.25, -0.2) is 0 Å². The first-order chi connectivity index (χ1) is 14.8. The van der Waals surface area contributed by atoms with E-state index in [9.17, 15) is 0 Å². The fourth-order valence-corrected chi connectivity index (χ4v) is 5.02. The summed E-state index contributed by atoms with van der Waals surface area (Å²) >= 11 is 1.82. The molecule has 3 aromatic rings. The molecule has 0 bridgehead atoms. The second kappa shape index (κ2) is 11.8. The van der Waals surface area contributed by atoms with Crippen LogP contribution < -0.4 is 10.6 Å². The normalized spacial score (nSPS) is 16.1. The molecule has 6 nitrogen and oxygen atoms in total. The molecule has 4 rings (SSSR count). The third-order valence-electron chi connectivity index (χ3n) is 5.74. The zero-order valence-corrected chi connectivity index (χ0v) is 21.3. The number of morpholine rings is 1. The minimum atomic E-state index is 0. The number of halogens is 1. The van der Waals surface area contributed by atoms with Crippen LogP contribution in [0, 0.1) is 6.92 Å². The van der Waals surface area contributed by atoms with E-state index in [1.165, 1.54) is 27.0 Å². The first-order valence-electron chi connectivity index (χ1n) is 10.6. The Labute approximate surface area is 205 Å². The minimum Gasteiger partial charge on any atom is -0.379 e. The molecule has 1 aliphatic heterocycles. The van der Waals surface area contributed by atoms with Crippen molar-refractivity contribution >= 4 is 52.2 Å². The number of para-hydroxylation sites is 1. The van der Waals surface area contributed by atoms with E-state index in [1.807, 2.05) is 18.4 Å². The fraction of sp³-hybridized carbons (Fsp3) is 0.435. The number of fused-ring (bicyclic) bond motifs is 1. The fourth-order valence-electron chi connectivity index (χ4n) is 4.16. The van der Waals surface area contributed by atoms with Crippen molar-refractivity contribution in [2.75, 3.05) is 46.4 Å². The van der Waals surface area contributed by atoms with Gasteiger partial charge in [0.25, 0.3) is 0 Å². The summed E-state index contributed by atoms with van der Waals surface area (Å²) in [6.45, 7) is 7.36. The van der Waals surface area contributed by atoms with Gasteiger partial charge in [-0.05, 0) is 36.4 Å². The summed E-state index contributed by atoms with van der Waals surface area (Å²) in [5, 5.41) is 10.5. The Morgan fingerprint density at radius 3 is 2.74 bits per heavy atom. The van der Waals surface area contributed by atoms with Crippen molar-refractivity contribution in [3.05, 3.63) is 57.9 Å². The zero-order chi connectivity index (χ0) is 20.8. The van der Waals surface area contributed by atoms with Gasteiger partial charge in [-0.1, -0.05) is 24.3 Å². The molecule has 0 spiro atoms. The quantitative estimate of drug-likeness (QED) is 0.236. The summed E-state index contributed by atoms with van der Waals surface area (Å²) in [6.07, 6.45) is 0.953. The summed E-state index contributed by atoms with van der Waals surface area (Å²) < 4.78 is 5.55. The predicted molar refractivity (Wildman–Crippen MR) is 141 cm³/mol. The Kier molecular flexibility index (Phi) is 9.18. The van der Waals surface area contributed by atoms with Gasteiger partial charge in [0.05, 0.1) is 19.3 Å². The van der Waals surface area contributed by atoms with Gasteiger partial charge in [0.1, 0.15) is 0 Å². The van der Waals surface area contributed by atoms with Crippen LogP contribution in [-0.4, -0.2) is 62.3 Å². The van der Waals surface area contributed by atoms with E-state index in [4.69, 9.17) is 4.74 Å². The van der Waals surface area contributed by atoms with Gasteiger partial charge >= 0.3 is 0 Å². The lowest BCUT2D eigenvalue weighted by Crippen LogP contribution is -2.46. The molecular weight excluding hydrogens is 521 g/mol. The molecule has 31 heavy (non-hydrogen) atoms. The number of aromatic nitrogens is 1. The summed E-state index contributed by atoms with van der Waals surface area (Å²) in [6, 6.07) is 13.2. The lowest BCUT2D eigenvalue weighted by molar-refractivity contribution is 0.0177. The highest BCUT2D eigenvalue weighted by atomic mass is 127. The molecule has 0 radical (unpaired) electrons. The molecule has 168 valence electrons. The lowest BCUT2D eigenvalue weighted by atomic mass is 10.1. The third kappa shape index (κ3) is 6.00. The van der Waals surface area contributed by atoms with Gasteiger partial charge in [-0.2, -0.15) is 0 Å². The van der Waals surface area contributed by atoms with Crippen LogP contribution in [0.25, 0.3) is 10.9 Å². The van der Waals surface area contributed by atoms with E-state index in [-0.39, 0.29) is 24.0 Å². The third-order valence-corrected chi connectivity index (χ3v) is 6.71. The van der Waals surface area contributed by atoms with Crippen molar-refractivity contribution < 1.29 is 4.74 Å². The van der Waals surface area contributed by atoms with Crippen LogP contribution in [0.3, 0.4) is 0 Å². The molecule has 1 atom stereocenters. The predicted octanol–water partition coefficient (Wildman–Crippen LogP) is 3.94. The molecule has 2 aromatic heterocycles. The van der Waals surface area contributed by atoms with Crippen molar-refractivity contribution in [2.45, 2.75) is 19.4 Å². The molecule has 1 aliphatic rings. The molecule has 1 saturated heterocycles. The van der Waals surface area contributed by atoms with E-state index in [2.05, 4.69) is 74.2 Å². The van der Waals surface area contributed by atoms with Gasteiger partial charge in [0.15, 0.2) is 5.96 Å². The van der Waals surface area contributed by atoms with E-state index in [0.717, 1.165) is 51.8 Å². The molecule has 0 amide bonds. The number of nitrogens with one attached hydrogen (secondary N) is 3. The maximum Gasteiger partial charge on any atom is 0.191 e. The number of aryl methyl sites for hydroxylation is 1. The maximum absolute atomic E-state index is 5.55. The number of aliphatic imine (C=N–C) groups is 1. The number of aromatic amines is 1. The number of guanidine groups is 1. The summed E-state index contributed by atoms with van der Waals surface area (Å²) in [4.78, 5) is 11.8. The van der Waals surface area contributed by atoms with Crippen molar-refractivity contribution in [3.8, 4) is 0 Å². The molecule has 1 fully saturated rings. The van der Waals surface area contributed by atoms with Crippen LogP contribution in [-0.2, 0) is 11.2 Å². The standard InChI is InChI=1S/C23H31N5OS.HI/c1-17-18(19-6-3-4-7-20(19)27-17)9-10-25-23(24-2)26-16-21(22-8-5-15-30-22)28-11-13-29-14-12-28;/h3-8,15,21,27H,9-14,16H2,1-2H3,(H2,24,25,26);1H. The first kappa shape index (κ1) is 24.0. The smallest absolute Gasteiger partial charge is 0.191 e. The number of benzene rings is 1. The van der Waals surface area contributed by atoms with Crippen molar-refractivity contribution in [1.29, 1.82) is 0 Å². The van der Waals surface area contributed by atoms with Gasteiger partial charge in [0, 0.05) is 54.7 Å². The molecule has 3 heterocycles. The summed E-state index contributed by atoms with van der Waals surface area (Å²) in [7, 11) is 1.83. The molecule has 3 N–H and O–H groups in total. The Hall–Kier alpha value is -1.62. The maximum atomic E-state index is 5.55. The number of thiophene rings is 1. The molecule has 1 unspecified atom stereocenters. The average Bonchev–Trinajstić information content (AvgIpc) is 3.41. The Morgan fingerprint density at radius 1 is 1.19 bits per heavy atom. The number of hydrogen-bond donors (Lipinski definition) is 3. The number of rotatable bonds is 7. The monoisotopic (exact) mass is 553 g/mol. The number of ether oxygens (including phenoxy) is 1. The van der Waals surface area contributed by atoms with E-state index >= 15 is 0 Å². The molecule has 1 aromatic carbocycles. The Balaban J connectivity index is 0.00000272. The van der Waals surface area contributed by atoms with Crippen molar-refractivity contribution in [3.63, 3.8) is 0 Å². The van der Waals surface area contributed by atoms with E-state index in [1.54, 1.807) is 0 Å². The average molecular weight is 554 g/mol. The lowest BCUT2D eigenvalue weighted by Gasteiger charge is -2.34. The summed E-state index contributed by atoms with van der Waals surface area (Å²) in [5.41, 5.74) is 3.82. The number of hydrogen-bond acceptors (Lipinski definition) is 4. The van der Waals surface area contributed by atoms with Crippen molar-refractivity contribution in [2.24, 2.45) is 4.99 Å². The number of nitrogens with zero attached hydrogens (tertiary/aromatic N) is 2. The van der Waals surface area contributed by atoms with Crippen LogP contribution in [0.2, 0.25) is 0 Å². The van der Waals surface area contributed by atoms with Crippen LogP contribution in [0.15, 0.2) is 46.8 Å². The van der Waals surface area contributed by atoms with E-state index < -0.39 is 0 Å². The highest BCUT2D eigenvalue weighted by molar-refractivity contribution is 14.0. The molecular formula is C23H32IN5OS. The second-order valence-corrected chi connectivity index (χ2v) is 8.56. The van der Waals surface area contributed by atoms with Gasteiger partial charge in [-0.15, -0.1) is 35.3 Å². The SMILES string of the molecule is CN=C(NCCc1c(C)[nH]c2ccccc12)NCC(c1cccs1)N1CCOCC1.I. The molecule has 8 heteroatoms. The van der Waals surface area contributed by atoms with Crippen molar-refractivity contribution in [1.82, 2.24) is 20.5 Å². The number of H-pyrrole nitrogens is 1. The van der Waals surface area contributed by atoms with Crippen LogP contribution >= 0.6 is 35.3 Å². The van der Waals surface area contributed by atoms with Crippen LogP contribution in [0.4, 0.5) is 0 Å². The Bertz CT molecular complexity index is 966.